The zero-order chi connectivity index (χ0) is 17.0. The number of methoxy groups -OCH3 is 1. The van der Waals surface area contributed by atoms with E-state index in [1.807, 2.05) is 6.92 Å². The maximum Gasteiger partial charge on any atom is 0.330 e. The van der Waals surface area contributed by atoms with E-state index in [-0.39, 0.29) is 29.2 Å². The van der Waals surface area contributed by atoms with Gasteiger partial charge in [0.15, 0.2) is 17.6 Å². The number of carboxylic acids is 1. The van der Waals surface area contributed by atoms with Crippen LogP contribution in [0.5, 0.6) is 5.75 Å². The Bertz CT molecular complexity index is 592. The first kappa shape index (κ1) is 17.2. The van der Waals surface area contributed by atoms with Crippen molar-refractivity contribution in [2.75, 3.05) is 13.7 Å². The molecule has 0 aliphatic carbocycles. The van der Waals surface area contributed by atoms with E-state index >= 15 is 0 Å². The van der Waals surface area contributed by atoms with Gasteiger partial charge in [0, 0.05) is 12.5 Å². The number of benzene rings is 1. The first-order valence-electron chi connectivity index (χ1n) is 7.40. The third-order valence-electron chi connectivity index (χ3n) is 3.90. The van der Waals surface area contributed by atoms with E-state index in [4.69, 9.17) is 9.47 Å². The number of aliphatic carboxylic acids is 1. The summed E-state index contributed by atoms with van der Waals surface area (Å²) in [5, 5.41) is 11.8. The Morgan fingerprint density at radius 1 is 1.48 bits per heavy atom. The van der Waals surface area contributed by atoms with Crippen LogP contribution >= 0.6 is 0 Å². The van der Waals surface area contributed by atoms with Gasteiger partial charge >= 0.3 is 5.97 Å². The van der Waals surface area contributed by atoms with Crippen LogP contribution in [0.1, 0.15) is 31.4 Å². The minimum atomic E-state index is -1.30. The normalized spacial score (nSPS) is 22.2. The number of carboxylic acid groups (broad SMARTS) is 1. The van der Waals surface area contributed by atoms with E-state index in [0.717, 1.165) is 6.07 Å². The first-order valence-corrected chi connectivity index (χ1v) is 7.40. The topological polar surface area (TPSA) is 84.9 Å². The van der Waals surface area contributed by atoms with Crippen molar-refractivity contribution < 1.29 is 28.6 Å². The molecule has 1 heterocycles. The van der Waals surface area contributed by atoms with Crippen LogP contribution in [-0.4, -0.2) is 36.8 Å². The van der Waals surface area contributed by atoms with E-state index < -0.39 is 17.8 Å². The van der Waals surface area contributed by atoms with Crippen LogP contribution in [0.2, 0.25) is 0 Å². The van der Waals surface area contributed by atoms with Crippen LogP contribution in [0.25, 0.3) is 0 Å². The molecule has 3 atom stereocenters. The van der Waals surface area contributed by atoms with E-state index in [2.05, 4.69) is 5.32 Å². The molecule has 1 aromatic rings. The van der Waals surface area contributed by atoms with Gasteiger partial charge in [0.05, 0.1) is 13.2 Å². The molecule has 0 spiro atoms. The maximum absolute atomic E-state index is 13.8. The standard InChI is InChI=1S/C16H20FNO5/c1-9-7-11(5-6-23-9)15(19)18-14(16(20)21)10-3-4-13(22-2)12(17)8-10/h3-4,8-9,11,14H,5-7H2,1-2H3,(H,18,19)(H,20,21)/t9-,11+,14-/m0/s1. The second-order valence-corrected chi connectivity index (χ2v) is 5.58. The fraction of sp³-hybridized carbons (Fsp3) is 0.500. The summed E-state index contributed by atoms with van der Waals surface area (Å²) < 4.78 is 24.0. The van der Waals surface area contributed by atoms with Gasteiger partial charge in [-0.2, -0.15) is 0 Å². The van der Waals surface area contributed by atoms with E-state index in [0.29, 0.717) is 19.4 Å². The molecule has 0 bridgehead atoms. The van der Waals surface area contributed by atoms with Gasteiger partial charge in [0.1, 0.15) is 0 Å². The summed E-state index contributed by atoms with van der Waals surface area (Å²) in [6.45, 7) is 2.33. The highest BCUT2D eigenvalue weighted by atomic mass is 19.1. The molecule has 0 saturated carbocycles. The summed E-state index contributed by atoms with van der Waals surface area (Å²) in [5.74, 6) is -2.57. The third kappa shape index (κ3) is 4.19. The number of hydrogen-bond acceptors (Lipinski definition) is 4. The number of carbonyl (C=O) groups is 2. The van der Waals surface area contributed by atoms with Gasteiger partial charge in [-0.25, -0.2) is 9.18 Å². The lowest BCUT2D eigenvalue weighted by Crippen LogP contribution is -2.40. The predicted octanol–water partition coefficient (Wildman–Crippen LogP) is 1.89. The van der Waals surface area contributed by atoms with Crippen LogP contribution in [0.4, 0.5) is 4.39 Å². The summed E-state index contributed by atoms with van der Waals surface area (Å²) in [5.41, 5.74) is 0.157. The average Bonchev–Trinajstić information content (AvgIpc) is 2.52. The number of carbonyl (C=O) groups excluding carboxylic acids is 1. The molecular formula is C16H20FNO5. The lowest BCUT2D eigenvalue weighted by molar-refractivity contribution is -0.143. The molecule has 1 amide bonds. The molecular weight excluding hydrogens is 305 g/mol. The summed E-state index contributed by atoms with van der Waals surface area (Å²) in [6.07, 6.45) is 1.04. The van der Waals surface area contributed by atoms with Crippen molar-refractivity contribution in [1.29, 1.82) is 0 Å². The maximum atomic E-state index is 13.8. The van der Waals surface area contributed by atoms with E-state index in [9.17, 15) is 19.1 Å². The monoisotopic (exact) mass is 325 g/mol. The van der Waals surface area contributed by atoms with Crippen LogP contribution in [0, 0.1) is 11.7 Å². The van der Waals surface area contributed by atoms with Crippen molar-refractivity contribution in [3.8, 4) is 5.75 Å². The molecule has 1 saturated heterocycles. The fourth-order valence-electron chi connectivity index (χ4n) is 2.65. The average molecular weight is 325 g/mol. The van der Waals surface area contributed by atoms with E-state index in [1.54, 1.807) is 0 Å². The second-order valence-electron chi connectivity index (χ2n) is 5.58. The summed E-state index contributed by atoms with van der Waals surface area (Å²) in [4.78, 5) is 23.7. The molecule has 126 valence electrons. The molecule has 1 fully saturated rings. The molecule has 0 radical (unpaired) electrons. The highest BCUT2D eigenvalue weighted by Crippen LogP contribution is 2.24. The Morgan fingerprint density at radius 2 is 2.22 bits per heavy atom. The Kier molecular flexibility index (Phi) is 5.54. The molecule has 0 aromatic heterocycles. The van der Waals surface area contributed by atoms with Crippen LogP contribution in [-0.2, 0) is 14.3 Å². The minimum Gasteiger partial charge on any atom is -0.494 e. The van der Waals surface area contributed by atoms with Crippen molar-refractivity contribution in [3.63, 3.8) is 0 Å². The van der Waals surface area contributed by atoms with Gasteiger partial charge in [-0.3, -0.25) is 4.79 Å². The van der Waals surface area contributed by atoms with Crippen LogP contribution < -0.4 is 10.1 Å². The summed E-state index contributed by atoms with van der Waals surface area (Å²) in [7, 11) is 1.32. The van der Waals surface area contributed by atoms with Crippen molar-refractivity contribution in [2.24, 2.45) is 5.92 Å². The van der Waals surface area contributed by atoms with Crippen molar-refractivity contribution in [3.05, 3.63) is 29.6 Å². The molecule has 6 nitrogen and oxygen atoms in total. The molecule has 23 heavy (non-hydrogen) atoms. The third-order valence-corrected chi connectivity index (χ3v) is 3.90. The van der Waals surface area contributed by atoms with Gasteiger partial charge in [-0.15, -0.1) is 0 Å². The molecule has 0 unspecified atom stereocenters. The highest BCUT2D eigenvalue weighted by Gasteiger charge is 2.30. The lowest BCUT2D eigenvalue weighted by atomic mass is 9.94. The molecule has 2 rings (SSSR count). The fourth-order valence-corrected chi connectivity index (χ4v) is 2.65. The Balaban J connectivity index is 2.14. The van der Waals surface area contributed by atoms with Crippen LogP contribution in [0.15, 0.2) is 18.2 Å². The van der Waals surface area contributed by atoms with Gasteiger partial charge in [0.2, 0.25) is 5.91 Å². The van der Waals surface area contributed by atoms with Gasteiger partial charge in [0.25, 0.3) is 0 Å². The number of nitrogens with one attached hydrogen (secondary N) is 1. The Hall–Kier alpha value is -2.15. The molecule has 2 N–H and O–H groups in total. The van der Waals surface area contributed by atoms with Gasteiger partial charge < -0.3 is 19.9 Å². The second kappa shape index (κ2) is 7.41. The molecule has 1 aliphatic heterocycles. The first-order chi connectivity index (χ1) is 10.9. The zero-order valence-corrected chi connectivity index (χ0v) is 13.0. The number of ether oxygens (including phenoxy) is 2. The van der Waals surface area contributed by atoms with Crippen molar-refractivity contribution >= 4 is 11.9 Å². The predicted molar refractivity (Wildman–Crippen MR) is 79.6 cm³/mol. The number of hydrogen-bond donors (Lipinski definition) is 2. The lowest BCUT2D eigenvalue weighted by Gasteiger charge is -2.27. The summed E-state index contributed by atoms with van der Waals surface area (Å²) >= 11 is 0. The smallest absolute Gasteiger partial charge is 0.330 e. The van der Waals surface area contributed by atoms with Gasteiger partial charge in [-0.1, -0.05) is 6.07 Å². The number of rotatable bonds is 5. The zero-order valence-electron chi connectivity index (χ0n) is 13.0. The van der Waals surface area contributed by atoms with Crippen molar-refractivity contribution in [2.45, 2.75) is 31.9 Å². The number of halogens is 1. The largest absolute Gasteiger partial charge is 0.494 e. The molecule has 7 heteroatoms. The summed E-state index contributed by atoms with van der Waals surface area (Å²) in [6, 6.07) is 2.52. The molecule has 1 aromatic carbocycles. The van der Waals surface area contributed by atoms with Crippen LogP contribution in [0.3, 0.4) is 0 Å². The quantitative estimate of drug-likeness (QED) is 0.863. The highest BCUT2D eigenvalue weighted by molar-refractivity contribution is 5.86. The van der Waals surface area contributed by atoms with Crippen molar-refractivity contribution in [1.82, 2.24) is 5.32 Å². The Morgan fingerprint density at radius 3 is 2.78 bits per heavy atom. The number of amides is 1. The SMILES string of the molecule is COc1ccc([C@H](NC(=O)[C@@H]2CCO[C@@H](C)C2)C(=O)O)cc1F. The minimum absolute atomic E-state index is 0.0162. The Labute approximate surface area is 133 Å². The van der Waals surface area contributed by atoms with E-state index in [1.165, 1.54) is 19.2 Å². The van der Waals surface area contributed by atoms with Gasteiger partial charge in [-0.05, 0) is 37.5 Å². The molecule has 1 aliphatic rings.